The summed E-state index contributed by atoms with van der Waals surface area (Å²) >= 11 is 5.97. The van der Waals surface area contributed by atoms with Crippen LogP contribution in [0.1, 0.15) is 33.1 Å². The number of hydrogen-bond donors (Lipinski definition) is 0. The van der Waals surface area contributed by atoms with Crippen LogP contribution in [0.5, 0.6) is 0 Å². The van der Waals surface area contributed by atoms with Gasteiger partial charge in [-0.2, -0.15) is 0 Å². The van der Waals surface area contributed by atoms with Crippen LogP contribution in [-0.2, 0) is 0 Å². The Morgan fingerprint density at radius 3 is 2.63 bits per heavy atom. The van der Waals surface area contributed by atoms with Gasteiger partial charge < -0.3 is 4.90 Å². The summed E-state index contributed by atoms with van der Waals surface area (Å²) in [5, 5.41) is 11.4. The second-order valence-corrected chi connectivity index (χ2v) is 5.65. The Hall–Kier alpha value is -1.29. The van der Waals surface area contributed by atoms with Crippen LogP contribution < -0.4 is 4.90 Å². The number of nitrogens with zero attached hydrogens (tertiary/aromatic N) is 2. The third-order valence-corrected chi connectivity index (χ3v) is 4.73. The van der Waals surface area contributed by atoms with Gasteiger partial charge in [-0.25, -0.2) is 0 Å². The topological polar surface area (TPSA) is 46.4 Å². The molecular formula is C14H19ClN2O2. The van der Waals surface area contributed by atoms with Crippen LogP contribution in [0.25, 0.3) is 0 Å². The van der Waals surface area contributed by atoms with Crippen molar-refractivity contribution in [3.63, 3.8) is 0 Å². The first-order chi connectivity index (χ1) is 9.03. The Bertz CT molecular complexity index is 486. The summed E-state index contributed by atoms with van der Waals surface area (Å²) in [6.07, 6.45) is 3.30. The molecule has 1 aliphatic heterocycles. The summed E-state index contributed by atoms with van der Waals surface area (Å²) < 4.78 is 0. The number of nitro groups is 1. The molecule has 0 aromatic heterocycles. The highest BCUT2D eigenvalue weighted by atomic mass is 35.5. The molecule has 4 nitrogen and oxygen atoms in total. The van der Waals surface area contributed by atoms with E-state index in [0.717, 1.165) is 32.4 Å². The zero-order chi connectivity index (χ0) is 14.0. The van der Waals surface area contributed by atoms with Crippen LogP contribution in [0.3, 0.4) is 0 Å². The van der Waals surface area contributed by atoms with Gasteiger partial charge in [0.2, 0.25) is 0 Å². The number of rotatable bonds is 4. The molecule has 5 heteroatoms. The van der Waals surface area contributed by atoms with Crippen LogP contribution in [0, 0.1) is 15.5 Å². The maximum Gasteiger partial charge on any atom is 0.310 e. The molecule has 0 saturated carbocycles. The fourth-order valence-electron chi connectivity index (χ4n) is 2.91. The van der Waals surface area contributed by atoms with E-state index in [-0.39, 0.29) is 21.0 Å². The van der Waals surface area contributed by atoms with Gasteiger partial charge in [0.25, 0.3) is 0 Å². The molecule has 1 aromatic rings. The number of benzene rings is 1. The van der Waals surface area contributed by atoms with Crippen molar-refractivity contribution >= 4 is 23.0 Å². The van der Waals surface area contributed by atoms with E-state index in [4.69, 9.17) is 11.6 Å². The second-order valence-electron chi connectivity index (χ2n) is 5.24. The summed E-state index contributed by atoms with van der Waals surface area (Å²) in [6.45, 7) is 6.13. The van der Waals surface area contributed by atoms with Crippen molar-refractivity contribution < 1.29 is 4.92 Å². The van der Waals surface area contributed by atoms with Crippen LogP contribution in [0.15, 0.2) is 18.2 Å². The molecule has 1 saturated heterocycles. The Labute approximate surface area is 118 Å². The molecule has 1 heterocycles. The molecule has 2 rings (SSSR count). The molecule has 1 aliphatic rings. The van der Waals surface area contributed by atoms with E-state index in [9.17, 15) is 10.1 Å². The summed E-state index contributed by atoms with van der Waals surface area (Å²) in [5.41, 5.74) is 0.976. The lowest BCUT2D eigenvalue weighted by Crippen LogP contribution is -2.26. The predicted octanol–water partition coefficient (Wildman–Crippen LogP) is 4.26. The lowest BCUT2D eigenvalue weighted by molar-refractivity contribution is -0.384. The van der Waals surface area contributed by atoms with Crippen LogP contribution >= 0.6 is 11.6 Å². The highest BCUT2D eigenvalue weighted by Crippen LogP contribution is 2.43. The molecule has 19 heavy (non-hydrogen) atoms. The molecule has 104 valence electrons. The zero-order valence-electron chi connectivity index (χ0n) is 11.4. The Balaban J connectivity index is 2.34. The van der Waals surface area contributed by atoms with Gasteiger partial charge >= 0.3 is 5.69 Å². The first-order valence-corrected chi connectivity index (χ1v) is 7.08. The third kappa shape index (κ3) is 2.54. The predicted molar refractivity (Wildman–Crippen MR) is 78.0 cm³/mol. The summed E-state index contributed by atoms with van der Waals surface area (Å²) in [4.78, 5) is 12.9. The lowest BCUT2D eigenvalue weighted by Gasteiger charge is -2.27. The van der Waals surface area contributed by atoms with E-state index >= 15 is 0 Å². The second kappa shape index (κ2) is 5.37. The zero-order valence-corrected chi connectivity index (χ0v) is 12.1. The number of anilines is 1. The van der Waals surface area contributed by atoms with E-state index in [1.165, 1.54) is 0 Å². The quantitative estimate of drug-likeness (QED) is 0.612. The number of nitro benzene ring substituents is 1. The maximum absolute atomic E-state index is 11.2. The van der Waals surface area contributed by atoms with Gasteiger partial charge in [-0.1, -0.05) is 31.5 Å². The highest BCUT2D eigenvalue weighted by Gasteiger charge is 2.37. The maximum atomic E-state index is 11.2. The smallest absolute Gasteiger partial charge is 0.310 e. The standard InChI is InChI=1S/C14H19ClN2O2/c1-3-14(4-2)8-9-16(10-14)12-7-5-6-11(15)13(12)17(18)19/h5-7H,3-4,8-10H2,1-2H3. The molecule has 0 atom stereocenters. The number of halogens is 1. The fourth-order valence-corrected chi connectivity index (χ4v) is 3.15. The van der Waals surface area contributed by atoms with E-state index in [1.54, 1.807) is 18.2 Å². The Morgan fingerprint density at radius 2 is 2.11 bits per heavy atom. The van der Waals surface area contributed by atoms with Gasteiger partial charge in [-0.3, -0.25) is 10.1 Å². The van der Waals surface area contributed by atoms with Crippen molar-refractivity contribution in [2.24, 2.45) is 5.41 Å². The first-order valence-electron chi connectivity index (χ1n) is 6.71. The van der Waals surface area contributed by atoms with Crippen molar-refractivity contribution in [1.29, 1.82) is 0 Å². The van der Waals surface area contributed by atoms with E-state index < -0.39 is 0 Å². The van der Waals surface area contributed by atoms with Gasteiger partial charge in [0.05, 0.1) is 4.92 Å². The average Bonchev–Trinajstić information content (AvgIpc) is 2.83. The van der Waals surface area contributed by atoms with Crippen LogP contribution in [0.4, 0.5) is 11.4 Å². The average molecular weight is 283 g/mol. The molecule has 0 unspecified atom stereocenters. The molecule has 0 radical (unpaired) electrons. The molecule has 1 fully saturated rings. The number of para-hydroxylation sites is 1. The van der Waals surface area contributed by atoms with Gasteiger partial charge in [0.1, 0.15) is 10.7 Å². The van der Waals surface area contributed by atoms with Gasteiger partial charge in [-0.05, 0) is 36.8 Å². The highest BCUT2D eigenvalue weighted by molar-refractivity contribution is 6.33. The van der Waals surface area contributed by atoms with Gasteiger partial charge in [-0.15, -0.1) is 0 Å². The summed E-state index contributed by atoms with van der Waals surface area (Å²) in [5.74, 6) is 0. The Morgan fingerprint density at radius 1 is 1.42 bits per heavy atom. The van der Waals surface area contributed by atoms with Crippen molar-refractivity contribution in [3.05, 3.63) is 33.3 Å². The minimum absolute atomic E-state index is 0.0344. The molecule has 0 aliphatic carbocycles. The molecule has 0 amide bonds. The molecule has 0 N–H and O–H groups in total. The fraction of sp³-hybridized carbons (Fsp3) is 0.571. The van der Waals surface area contributed by atoms with Crippen molar-refractivity contribution in [2.75, 3.05) is 18.0 Å². The Kier molecular flexibility index (Phi) is 3.99. The molecule has 0 spiro atoms. The van der Waals surface area contributed by atoms with Gasteiger partial charge in [0.15, 0.2) is 0 Å². The molecular weight excluding hydrogens is 264 g/mol. The van der Waals surface area contributed by atoms with Gasteiger partial charge in [0, 0.05) is 13.1 Å². The van der Waals surface area contributed by atoms with Crippen molar-refractivity contribution in [2.45, 2.75) is 33.1 Å². The SMILES string of the molecule is CCC1(CC)CCN(c2cccc(Cl)c2[N+](=O)[O-])C1. The van der Waals surface area contributed by atoms with E-state index in [1.807, 2.05) is 0 Å². The van der Waals surface area contributed by atoms with E-state index in [2.05, 4.69) is 18.7 Å². The van der Waals surface area contributed by atoms with Crippen LogP contribution in [0.2, 0.25) is 5.02 Å². The molecule has 0 bridgehead atoms. The van der Waals surface area contributed by atoms with Crippen LogP contribution in [-0.4, -0.2) is 18.0 Å². The monoisotopic (exact) mass is 282 g/mol. The first kappa shape index (κ1) is 14.1. The summed E-state index contributed by atoms with van der Waals surface area (Å²) in [6, 6.07) is 5.15. The van der Waals surface area contributed by atoms with Crippen molar-refractivity contribution in [3.8, 4) is 0 Å². The minimum atomic E-state index is -0.379. The largest absolute Gasteiger partial charge is 0.365 e. The third-order valence-electron chi connectivity index (χ3n) is 4.43. The normalized spacial score (nSPS) is 17.7. The van der Waals surface area contributed by atoms with Crippen molar-refractivity contribution in [1.82, 2.24) is 0 Å². The summed E-state index contributed by atoms with van der Waals surface area (Å²) in [7, 11) is 0. The minimum Gasteiger partial charge on any atom is -0.365 e. The lowest BCUT2D eigenvalue weighted by atomic mass is 9.82. The van der Waals surface area contributed by atoms with E-state index in [0.29, 0.717) is 5.69 Å². The molecule has 1 aromatic carbocycles. The number of hydrogen-bond acceptors (Lipinski definition) is 3.